The van der Waals surface area contributed by atoms with E-state index in [0.717, 1.165) is 37.2 Å². The highest BCUT2D eigenvalue weighted by molar-refractivity contribution is 5.97. The fraction of sp³-hybridized carbons (Fsp3) is 0.700. The molecule has 4 fully saturated rings. The van der Waals surface area contributed by atoms with Crippen LogP contribution < -0.4 is 20.7 Å². The molecule has 7 atom stereocenters. The standard InChI is InChI=1S/C30H44N4O8/c1-19(31-25(35)17-34-10-13-39-14-11-34)26-29(42-26)33-24(15-20-6-8-21(38-3)9-7-20)28(37)32-23(16-22-5-4-12-40-22)27(36)30(2)18-41-30/h6-9,19,22-24,26,29,33H,4-5,10-18H2,1-3H3,(H,31,35)(H,32,37). The van der Waals surface area contributed by atoms with Crippen LogP contribution >= 0.6 is 0 Å². The number of Topliss-reactive ketones (excluding diaryl/α,β-unsaturated/α-hetero) is 1. The number of rotatable bonds is 15. The molecule has 4 aliphatic heterocycles. The smallest absolute Gasteiger partial charge is 0.238 e. The lowest BCUT2D eigenvalue weighted by Crippen LogP contribution is -2.55. The number of amides is 2. The Labute approximate surface area is 247 Å². The van der Waals surface area contributed by atoms with Crippen LogP contribution in [-0.4, -0.2) is 118 Å². The van der Waals surface area contributed by atoms with Crippen molar-refractivity contribution in [2.24, 2.45) is 0 Å². The van der Waals surface area contributed by atoms with Crippen molar-refractivity contribution in [1.82, 2.24) is 20.9 Å². The molecule has 0 bridgehead atoms. The molecule has 2 amide bonds. The van der Waals surface area contributed by atoms with Gasteiger partial charge in [0.05, 0.1) is 57.7 Å². The van der Waals surface area contributed by atoms with Gasteiger partial charge in [0.2, 0.25) is 11.8 Å². The second kappa shape index (κ2) is 13.8. The zero-order valence-electron chi connectivity index (χ0n) is 24.8. The topological polar surface area (TPSA) is 143 Å². The predicted octanol–water partition coefficient (Wildman–Crippen LogP) is 0.170. The van der Waals surface area contributed by atoms with Crippen molar-refractivity contribution in [2.75, 3.05) is 53.2 Å². The average molecular weight is 589 g/mol. The number of ether oxygens (including phenoxy) is 5. The summed E-state index contributed by atoms with van der Waals surface area (Å²) in [5, 5.41) is 9.36. The highest BCUT2D eigenvalue weighted by Crippen LogP contribution is 2.31. The van der Waals surface area contributed by atoms with Crippen LogP contribution in [0.3, 0.4) is 0 Å². The minimum Gasteiger partial charge on any atom is -0.497 e. The summed E-state index contributed by atoms with van der Waals surface area (Å²) in [7, 11) is 1.60. The van der Waals surface area contributed by atoms with E-state index in [1.54, 1.807) is 14.0 Å². The molecule has 0 aliphatic carbocycles. The Hall–Kier alpha value is -2.61. The van der Waals surface area contributed by atoms with E-state index in [-0.39, 0.29) is 35.8 Å². The number of nitrogens with one attached hydrogen (secondary N) is 3. The van der Waals surface area contributed by atoms with E-state index in [9.17, 15) is 14.4 Å². The number of carbonyl (C=O) groups is 3. The van der Waals surface area contributed by atoms with Crippen molar-refractivity contribution in [2.45, 2.75) is 81.7 Å². The van der Waals surface area contributed by atoms with E-state index in [4.69, 9.17) is 23.7 Å². The molecular weight excluding hydrogens is 544 g/mol. The van der Waals surface area contributed by atoms with Crippen LogP contribution in [-0.2, 0) is 39.8 Å². The summed E-state index contributed by atoms with van der Waals surface area (Å²) in [6.07, 6.45) is 1.80. The van der Waals surface area contributed by atoms with Crippen LogP contribution in [0.4, 0.5) is 0 Å². The van der Waals surface area contributed by atoms with Gasteiger partial charge in [0.1, 0.15) is 23.7 Å². The third-order valence-electron chi connectivity index (χ3n) is 8.41. The first-order valence-corrected chi connectivity index (χ1v) is 15.0. The van der Waals surface area contributed by atoms with Gasteiger partial charge in [-0.25, -0.2) is 0 Å². The molecule has 3 N–H and O–H groups in total. The van der Waals surface area contributed by atoms with Crippen molar-refractivity contribution in [3.05, 3.63) is 29.8 Å². The van der Waals surface area contributed by atoms with E-state index in [2.05, 4.69) is 20.9 Å². The molecule has 1 aromatic rings. The van der Waals surface area contributed by atoms with Crippen LogP contribution in [0.15, 0.2) is 24.3 Å². The number of nitrogens with zero attached hydrogens (tertiary/aromatic N) is 1. The first-order valence-electron chi connectivity index (χ1n) is 15.0. The first-order chi connectivity index (χ1) is 20.2. The minimum absolute atomic E-state index is 0.0718. The van der Waals surface area contributed by atoms with Crippen molar-refractivity contribution in [3.8, 4) is 5.75 Å². The Bertz CT molecular complexity index is 1090. The van der Waals surface area contributed by atoms with Gasteiger partial charge in [-0.1, -0.05) is 12.1 Å². The Morgan fingerprint density at radius 3 is 2.48 bits per heavy atom. The van der Waals surface area contributed by atoms with Crippen LogP contribution in [0.5, 0.6) is 5.75 Å². The molecule has 12 heteroatoms. The highest BCUT2D eigenvalue weighted by Gasteiger charge is 2.51. The van der Waals surface area contributed by atoms with Crippen LogP contribution in [0.1, 0.15) is 38.7 Å². The summed E-state index contributed by atoms with van der Waals surface area (Å²) < 4.78 is 27.7. The summed E-state index contributed by atoms with van der Waals surface area (Å²) in [6, 6.07) is 5.87. The third kappa shape index (κ3) is 8.27. The maximum absolute atomic E-state index is 13.8. The van der Waals surface area contributed by atoms with Gasteiger partial charge in [-0.3, -0.25) is 24.6 Å². The molecule has 7 unspecified atom stereocenters. The van der Waals surface area contributed by atoms with E-state index < -0.39 is 23.9 Å². The van der Waals surface area contributed by atoms with Gasteiger partial charge >= 0.3 is 0 Å². The number of carbonyl (C=O) groups excluding carboxylic acids is 3. The normalized spacial score (nSPS) is 29.3. The van der Waals surface area contributed by atoms with Crippen LogP contribution in [0.25, 0.3) is 0 Å². The number of hydrogen-bond acceptors (Lipinski definition) is 10. The van der Waals surface area contributed by atoms with Crippen LogP contribution in [0.2, 0.25) is 0 Å². The Balaban J connectivity index is 1.22. The molecule has 4 saturated heterocycles. The molecule has 5 rings (SSSR count). The Morgan fingerprint density at radius 1 is 1.10 bits per heavy atom. The molecule has 0 aromatic heterocycles. The summed E-state index contributed by atoms with van der Waals surface area (Å²) >= 11 is 0. The largest absolute Gasteiger partial charge is 0.497 e. The molecule has 4 heterocycles. The van der Waals surface area contributed by atoms with Crippen molar-refractivity contribution in [3.63, 3.8) is 0 Å². The SMILES string of the molecule is COc1ccc(CC(NC2OC2C(C)NC(=O)CN2CCOCC2)C(=O)NC(CC2CCCO2)C(=O)C2(C)CO2)cc1. The van der Waals surface area contributed by atoms with Crippen LogP contribution in [0, 0.1) is 0 Å². The maximum Gasteiger partial charge on any atom is 0.238 e. The number of hydrogen-bond donors (Lipinski definition) is 3. The van der Waals surface area contributed by atoms with E-state index >= 15 is 0 Å². The first kappa shape index (κ1) is 30.8. The van der Waals surface area contributed by atoms with Gasteiger partial charge in [0.25, 0.3) is 0 Å². The predicted molar refractivity (Wildman–Crippen MR) is 152 cm³/mol. The number of morpholine rings is 1. The second-order valence-corrected chi connectivity index (χ2v) is 11.9. The number of benzene rings is 1. The lowest BCUT2D eigenvalue weighted by Gasteiger charge is -2.26. The Morgan fingerprint density at radius 2 is 1.83 bits per heavy atom. The average Bonchev–Trinajstić information content (AvgIpc) is 3.88. The zero-order valence-corrected chi connectivity index (χ0v) is 24.8. The summed E-state index contributed by atoms with van der Waals surface area (Å²) in [5.74, 6) is 0.216. The van der Waals surface area contributed by atoms with Gasteiger partial charge < -0.3 is 34.3 Å². The monoisotopic (exact) mass is 588 g/mol. The number of epoxide rings is 2. The molecule has 0 saturated carbocycles. The van der Waals surface area contributed by atoms with Crippen molar-refractivity contribution < 1.29 is 38.1 Å². The molecule has 12 nitrogen and oxygen atoms in total. The molecule has 0 radical (unpaired) electrons. The minimum atomic E-state index is -0.866. The van der Waals surface area contributed by atoms with Crippen molar-refractivity contribution in [1.29, 1.82) is 0 Å². The van der Waals surface area contributed by atoms with Crippen molar-refractivity contribution >= 4 is 17.6 Å². The summed E-state index contributed by atoms with van der Waals surface area (Å²) in [6.45, 7) is 7.70. The number of methoxy groups -OCH3 is 1. The fourth-order valence-corrected chi connectivity index (χ4v) is 5.62. The van der Waals surface area contributed by atoms with Gasteiger partial charge in [0.15, 0.2) is 5.78 Å². The molecule has 1 aromatic carbocycles. The van der Waals surface area contributed by atoms with Gasteiger partial charge in [0, 0.05) is 26.1 Å². The van der Waals surface area contributed by atoms with Gasteiger partial charge in [-0.05, 0) is 50.8 Å². The quantitative estimate of drug-likeness (QED) is 0.243. The number of ketones is 1. The fourth-order valence-electron chi connectivity index (χ4n) is 5.62. The second-order valence-electron chi connectivity index (χ2n) is 11.9. The highest BCUT2D eigenvalue weighted by atomic mass is 16.6. The molecule has 0 spiro atoms. The Kier molecular flexibility index (Phi) is 10.1. The maximum atomic E-state index is 13.8. The summed E-state index contributed by atoms with van der Waals surface area (Å²) in [4.78, 5) is 41.8. The molecular formula is C30H44N4O8. The molecule has 232 valence electrons. The van der Waals surface area contributed by atoms with E-state index in [0.29, 0.717) is 45.8 Å². The van der Waals surface area contributed by atoms with Gasteiger partial charge in [-0.2, -0.15) is 0 Å². The summed E-state index contributed by atoms with van der Waals surface area (Å²) in [5.41, 5.74) is 0.0571. The molecule has 4 aliphatic rings. The zero-order chi connectivity index (χ0) is 29.7. The lowest BCUT2D eigenvalue weighted by atomic mass is 9.94. The van der Waals surface area contributed by atoms with E-state index in [1.165, 1.54) is 0 Å². The van der Waals surface area contributed by atoms with Gasteiger partial charge in [-0.15, -0.1) is 0 Å². The molecule has 42 heavy (non-hydrogen) atoms. The third-order valence-corrected chi connectivity index (χ3v) is 8.41. The lowest BCUT2D eigenvalue weighted by molar-refractivity contribution is -0.132. The van der Waals surface area contributed by atoms with E-state index in [1.807, 2.05) is 31.2 Å².